The Bertz CT molecular complexity index is 1410. The summed E-state index contributed by atoms with van der Waals surface area (Å²) in [4.78, 5) is 32.2. The molecule has 1 amide bonds. The van der Waals surface area contributed by atoms with E-state index in [-0.39, 0.29) is 23.8 Å². The molecule has 0 bridgehead atoms. The van der Waals surface area contributed by atoms with E-state index >= 15 is 0 Å². The number of alkyl halides is 3. The second-order valence-electron chi connectivity index (χ2n) is 11.8. The first-order valence-electron chi connectivity index (χ1n) is 15.2. The summed E-state index contributed by atoms with van der Waals surface area (Å²) >= 11 is 0. The maximum Gasteiger partial charge on any atom is 0.430 e. The number of nitrogens with two attached hydrogens (primary N) is 1. The van der Waals surface area contributed by atoms with Crippen LogP contribution in [0.4, 0.5) is 35.4 Å². The molecule has 3 fully saturated rings. The highest BCUT2D eigenvalue weighted by Crippen LogP contribution is 2.34. The second kappa shape index (κ2) is 12.5. The molecule has 0 radical (unpaired) electrons. The van der Waals surface area contributed by atoms with Crippen molar-refractivity contribution in [2.75, 3.05) is 29.0 Å². The monoisotopic (exact) mass is 601 g/mol. The van der Waals surface area contributed by atoms with E-state index in [1.165, 1.54) is 30.0 Å². The maximum atomic E-state index is 13.0. The first kappa shape index (κ1) is 29.4. The summed E-state index contributed by atoms with van der Waals surface area (Å²) in [6, 6.07) is 5.42. The molecule has 2 saturated carbocycles. The molecule has 232 valence electrons. The van der Waals surface area contributed by atoms with E-state index in [1.54, 1.807) is 0 Å². The van der Waals surface area contributed by atoms with Gasteiger partial charge in [-0.25, -0.2) is 9.78 Å². The molecule has 3 aromatic rings. The van der Waals surface area contributed by atoms with Crippen LogP contribution in [0.1, 0.15) is 75.8 Å². The van der Waals surface area contributed by atoms with Crippen molar-refractivity contribution >= 4 is 34.7 Å². The Morgan fingerprint density at radius 1 is 0.953 bits per heavy atom. The van der Waals surface area contributed by atoms with Crippen molar-refractivity contribution in [2.24, 2.45) is 5.73 Å². The molecule has 0 unspecified atom stereocenters. The predicted molar refractivity (Wildman–Crippen MR) is 156 cm³/mol. The molecule has 1 aliphatic heterocycles. The van der Waals surface area contributed by atoms with Crippen molar-refractivity contribution in [1.82, 2.24) is 24.6 Å². The minimum atomic E-state index is -4.50. The number of piperidine rings is 1. The molecule has 2 aromatic heterocycles. The molecule has 1 saturated heterocycles. The van der Waals surface area contributed by atoms with Gasteiger partial charge in [-0.3, -0.25) is 5.32 Å². The number of carbonyl (C=O) groups excluding carboxylic acids is 1. The highest BCUT2D eigenvalue weighted by atomic mass is 19.4. The molecule has 0 spiro atoms. The van der Waals surface area contributed by atoms with Gasteiger partial charge in [-0.2, -0.15) is 23.1 Å². The fourth-order valence-corrected chi connectivity index (χ4v) is 6.29. The average molecular weight is 602 g/mol. The topological polar surface area (TPSA) is 135 Å². The zero-order valence-electron chi connectivity index (χ0n) is 23.9. The third kappa shape index (κ3) is 7.12. The highest BCUT2D eigenvalue weighted by Gasteiger charge is 2.31. The second-order valence-corrected chi connectivity index (χ2v) is 11.8. The number of rotatable bonds is 7. The number of hydrogen-bond acceptors (Lipinski definition) is 9. The average Bonchev–Trinajstić information content (AvgIpc) is 3.65. The molecule has 2 aliphatic carbocycles. The van der Waals surface area contributed by atoms with Gasteiger partial charge >= 0.3 is 12.3 Å². The van der Waals surface area contributed by atoms with Crippen LogP contribution in [-0.2, 0) is 11.0 Å². The lowest BCUT2D eigenvalue weighted by Crippen LogP contribution is -2.41. The number of hydroxylamine groups is 2. The standard InChI is InChI=1S/C29H38F3N9O2/c30-29(31,32)18-4-3-5-22(16-18)37-28(42)43-40-14-12-21(13-15-40)35-25-24-26(41(17-34-24)23-6-1-2-7-23)39-27(38-25)36-20-10-8-19(33)9-11-20/h3-5,16-17,19-21,23H,1-2,6-15,33H2,(H,37,42)(H2,35,36,38,39)/t19-,20-. The molecule has 5 N–H and O–H groups in total. The molecule has 3 heterocycles. The lowest BCUT2D eigenvalue weighted by molar-refractivity contribution is -0.137. The van der Waals surface area contributed by atoms with E-state index < -0.39 is 17.8 Å². The number of anilines is 3. The van der Waals surface area contributed by atoms with Crippen molar-refractivity contribution < 1.29 is 22.8 Å². The number of halogens is 3. The number of hydrogen-bond donors (Lipinski definition) is 4. The number of benzene rings is 1. The van der Waals surface area contributed by atoms with Gasteiger partial charge in [0.05, 0.1) is 11.9 Å². The summed E-state index contributed by atoms with van der Waals surface area (Å²) in [7, 11) is 0. The van der Waals surface area contributed by atoms with Gasteiger partial charge in [0.2, 0.25) is 5.95 Å². The van der Waals surface area contributed by atoms with Crippen molar-refractivity contribution in [2.45, 2.75) is 94.6 Å². The summed E-state index contributed by atoms with van der Waals surface area (Å²) in [5.41, 5.74) is 6.84. The van der Waals surface area contributed by atoms with Gasteiger partial charge in [-0.05, 0) is 69.6 Å². The fraction of sp³-hybridized carbons (Fsp3) is 0.586. The van der Waals surface area contributed by atoms with Crippen LogP contribution in [0.2, 0.25) is 0 Å². The number of amides is 1. The Hall–Kier alpha value is -3.65. The SMILES string of the molecule is N[C@H]1CC[C@H](Nc2nc(NC3CCN(OC(=O)Nc4cccc(C(F)(F)F)c4)CC3)c3ncn(C4CCCC4)c3n2)CC1. The first-order chi connectivity index (χ1) is 20.7. The molecule has 43 heavy (non-hydrogen) atoms. The van der Waals surface area contributed by atoms with Crippen molar-refractivity contribution in [3.05, 3.63) is 36.2 Å². The summed E-state index contributed by atoms with van der Waals surface area (Å²) in [5.74, 6) is 1.26. The summed E-state index contributed by atoms with van der Waals surface area (Å²) in [6.07, 6.45) is 6.41. The number of carbonyl (C=O) groups is 1. The van der Waals surface area contributed by atoms with Gasteiger partial charge in [0.1, 0.15) is 0 Å². The Balaban J connectivity index is 1.10. The Kier molecular flexibility index (Phi) is 8.57. The number of imidazole rings is 1. The molecule has 1 aromatic carbocycles. The minimum absolute atomic E-state index is 0.0154. The van der Waals surface area contributed by atoms with E-state index in [0.29, 0.717) is 43.7 Å². The van der Waals surface area contributed by atoms with E-state index in [1.807, 2.05) is 6.33 Å². The summed E-state index contributed by atoms with van der Waals surface area (Å²) in [6.45, 7) is 0.901. The van der Waals surface area contributed by atoms with Crippen LogP contribution < -0.4 is 21.7 Å². The van der Waals surface area contributed by atoms with Crippen LogP contribution in [0.3, 0.4) is 0 Å². The van der Waals surface area contributed by atoms with Gasteiger partial charge in [-0.1, -0.05) is 18.9 Å². The van der Waals surface area contributed by atoms with Gasteiger partial charge in [0.15, 0.2) is 17.0 Å². The molecule has 11 nitrogen and oxygen atoms in total. The number of fused-ring (bicyclic) bond motifs is 1. The van der Waals surface area contributed by atoms with E-state index in [2.05, 4.69) is 20.5 Å². The Labute approximate surface area is 247 Å². The van der Waals surface area contributed by atoms with Gasteiger partial charge in [0.25, 0.3) is 0 Å². The zero-order valence-corrected chi connectivity index (χ0v) is 23.9. The third-order valence-corrected chi connectivity index (χ3v) is 8.69. The quantitative estimate of drug-likeness (QED) is 0.270. The van der Waals surface area contributed by atoms with Crippen LogP contribution in [0, 0.1) is 0 Å². The smallest absolute Gasteiger partial charge is 0.365 e. The van der Waals surface area contributed by atoms with Crippen LogP contribution in [0.15, 0.2) is 30.6 Å². The molecule has 14 heteroatoms. The van der Waals surface area contributed by atoms with Crippen LogP contribution >= 0.6 is 0 Å². The van der Waals surface area contributed by atoms with Crippen molar-refractivity contribution in [3.8, 4) is 0 Å². The number of nitrogens with zero attached hydrogens (tertiary/aromatic N) is 5. The molecular weight excluding hydrogens is 563 g/mol. The normalized spacial score (nSPS) is 22.5. The minimum Gasteiger partial charge on any atom is -0.365 e. The molecule has 0 atom stereocenters. The number of nitrogens with one attached hydrogen (secondary N) is 3. The Morgan fingerprint density at radius 3 is 2.40 bits per heavy atom. The van der Waals surface area contributed by atoms with E-state index in [9.17, 15) is 18.0 Å². The first-order valence-corrected chi connectivity index (χ1v) is 15.2. The van der Waals surface area contributed by atoms with Crippen molar-refractivity contribution in [1.29, 1.82) is 0 Å². The zero-order chi connectivity index (χ0) is 30.0. The van der Waals surface area contributed by atoms with Crippen LogP contribution in [0.5, 0.6) is 0 Å². The fourth-order valence-electron chi connectivity index (χ4n) is 6.29. The van der Waals surface area contributed by atoms with E-state index in [4.69, 9.17) is 25.5 Å². The summed E-state index contributed by atoms with van der Waals surface area (Å²) in [5, 5.41) is 11.0. The van der Waals surface area contributed by atoms with E-state index in [0.717, 1.165) is 61.8 Å². The van der Waals surface area contributed by atoms with Crippen molar-refractivity contribution in [3.63, 3.8) is 0 Å². The molecular formula is C29H38F3N9O2. The predicted octanol–water partition coefficient (Wildman–Crippen LogP) is 5.68. The van der Waals surface area contributed by atoms with Gasteiger partial charge in [-0.15, -0.1) is 5.06 Å². The lowest BCUT2D eigenvalue weighted by Gasteiger charge is -2.31. The van der Waals surface area contributed by atoms with Gasteiger partial charge < -0.3 is 25.8 Å². The lowest BCUT2D eigenvalue weighted by atomic mass is 9.92. The highest BCUT2D eigenvalue weighted by molar-refractivity contribution is 5.85. The summed E-state index contributed by atoms with van der Waals surface area (Å²) < 4.78 is 41.2. The largest absolute Gasteiger partial charge is 0.430 e. The molecule has 3 aliphatic rings. The van der Waals surface area contributed by atoms with Gasteiger partial charge in [0, 0.05) is 42.9 Å². The van der Waals surface area contributed by atoms with Crippen LogP contribution in [0.25, 0.3) is 11.2 Å². The maximum absolute atomic E-state index is 13.0. The third-order valence-electron chi connectivity index (χ3n) is 8.69. The van der Waals surface area contributed by atoms with Crippen LogP contribution in [-0.4, -0.2) is 61.9 Å². The number of aromatic nitrogens is 4. The Morgan fingerprint density at radius 2 is 1.67 bits per heavy atom. The molecule has 6 rings (SSSR count).